The predicted molar refractivity (Wildman–Crippen MR) is 76.4 cm³/mol. The Morgan fingerprint density at radius 2 is 1.95 bits per heavy atom. The molecular weight excluding hydrogens is 254 g/mol. The van der Waals surface area contributed by atoms with E-state index in [2.05, 4.69) is 4.98 Å². The molecule has 20 heavy (non-hydrogen) atoms. The third-order valence-electron chi connectivity index (χ3n) is 3.06. The SMILES string of the molecule is COc1cccc(CCC(=O)c2ccccn2)c1OC. The number of benzene rings is 1. The van der Waals surface area contributed by atoms with E-state index in [1.165, 1.54) is 0 Å². The fraction of sp³-hybridized carbons (Fsp3) is 0.250. The van der Waals surface area contributed by atoms with Crippen LogP contribution in [-0.2, 0) is 6.42 Å². The number of para-hydroxylation sites is 1. The highest BCUT2D eigenvalue weighted by Gasteiger charge is 2.12. The normalized spacial score (nSPS) is 10.1. The molecular formula is C16H17NO3. The number of ketones is 1. The molecule has 0 unspecified atom stereocenters. The molecule has 0 saturated carbocycles. The number of hydrogen-bond donors (Lipinski definition) is 0. The van der Waals surface area contributed by atoms with Crippen LogP contribution in [0.25, 0.3) is 0 Å². The van der Waals surface area contributed by atoms with Gasteiger partial charge in [-0.3, -0.25) is 9.78 Å². The Morgan fingerprint density at radius 3 is 2.60 bits per heavy atom. The van der Waals surface area contributed by atoms with Crippen LogP contribution in [0.1, 0.15) is 22.5 Å². The lowest BCUT2D eigenvalue weighted by Crippen LogP contribution is -2.04. The second-order valence-electron chi connectivity index (χ2n) is 4.29. The van der Waals surface area contributed by atoms with Gasteiger partial charge >= 0.3 is 0 Å². The van der Waals surface area contributed by atoms with Crippen molar-refractivity contribution >= 4 is 5.78 Å². The summed E-state index contributed by atoms with van der Waals surface area (Å²) >= 11 is 0. The van der Waals surface area contributed by atoms with E-state index in [4.69, 9.17) is 9.47 Å². The molecule has 0 aliphatic carbocycles. The van der Waals surface area contributed by atoms with Crippen LogP contribution in [0, 0.1) is 0 Å². The molecule has 0 radical (unpaired) electrons. The zero-order valence-electron chi connectivity index (χ0n) is 11.6. The summed E-state index contributed by atoms with van der Waals surface area (Å²) in [6.07, 6.45) is 2.61. The summed E-state index contributed by atoms with van der Waals surface area (Å²) in [5.74, 6) is 1.38. The van der Waals surface area contributed by atoms with Gasteiger partial charge in [0, 0.05) is 12.6 Å². The van der Waals surface area contributed by atoms with Gasteiger partial charge in [0.1, 0.15) is 5.69 Å². The number of carbonyl (C=O) groups excluding carboxylic acids is 1. The second kappa shape index (κ2) is 6.70. The summed E-state index contributed by atoms with van der Waals surface area (Å²) in [5.41, 5.74) is 1.45. The molecule has 0 amide bonds. The number of hydrogen-bond acceptors (Lipinski definition) is 4. The van der Waals surface area contributed by atoms with Gasteiger partial charge in [0.25, 0.3) is 0 Å². The molecule has 0 aliphatic heterocycles. The van der Waals surface area contributed by atoms with Crippen LogP contribution < -0.4 is 9.47 Å². The van der Waals surface area contributed by atoms with Gasteiger partial charge in [-0.05, 0) is 30.2 Å². The minimum absolute atomic E-state index is 0.0236. The molecule has 0 saturated heterocycles. The summed E-state index contributed by atoms with van der Waals surface area (Å²) in [7, 11) is 3.20. The maximum Gasteiger partial charge on any atom is 0.181 e. The van der Waals surface area contributed by atoms with E-state index in [0.717, 1.165) is 5.56 Å². The molecule has 104 valence electrons. The van der Waals surface area contributed by atoms with Gasteiger partial charge in [0.2, 0.25) is 0 Å². The van der Waals surface area contributed by atoms with Crippen LogP contribution in [-0.4, -0.2) is 25.0 Å². The quantitative estimate of drug-likeness (QED) is 0.758. The highest BCUT2D eigenvalue weighted by Crippen LogP contribution is 2.31. The molecule has 2 rings (SSSR count). The highest BCUT2D eigenvalue weighted by atomic mass is 16.5. The van der Waals surface area contributed by atoms with Crippen molar-refractivity contribution in [1.29, 1.82) is 0 Å². The highest BCUT2D eigenvalue weighted by molar-refractivity contribution is 5.94. The average Bonchev–Trinajstić information content (AvgIpc) is 2.52. The van der Waals surface area contributed by atoms with Crippen LogP contribution in [0.2, 0.25) is 0 Å². The fourth-order valence-corrected chi connectivity index (χ4v) is 2.05. The van der Waals surface area contributed by atoms with Gasteiger partial charge in [-0.15, -0.1) is 0 Å². The first-order valence-corrected chi connectivity index (χ1v) is 6.40. The van der Waals surface area contributed by atoms with Crippen molar-refractivity contribution in [2.75, 3.05) is 14.2 Å². The van der Waals surface area contributed by atoms with Gasteiger partial charge in [0.05, 0.1) is 14.2 Å². The molecule has 0 aliphatic rings. The lowest BCUT2D eigenvalue weighted by atomic mass is 10.0. The van der Waals surface area contributed by atoms with Crippen molar-refractivity contribution in [3.8, 4) is 11.5 Å². The van der Waals surface area contributed by atoms with Crippen molar-refractivity contribution in [1.82, 2.24) is 4.98 Å². The first-order chi connectivity index (χ1) is 9.76. The third kappa shape index (κ3) is 3.15. The van der Waals surface area contributed by atoms with Crippen LogP contribution >= 0.6 is 0 Å². The van der Waals surface area contributed by atoms with Crippen molar-refractivity contribution in [3.05, 3.63) is 53.9 Å². The van der Waals surface area contributed by atoms with E-state index >= 15 is 0 Å². The molecule has 0 atom stereocenters. The van der Waals surface area contributed by atoms with E-state index in [0.29, 0.717) is 30.0 Å². The molecule has 0 spiro atoms. The maximum atomic E-state index is 12.0. The van der Waals surface area contributed by atoms with E-state index in [-0.39, 0.29) is 5.78 Å². The number of rotatable bonds is 6. The van der Waals surface area contributed by atoms with Crippen LogP contribution in [0.5, 0.6) is 11.5 Å². The summed E-state index contributed by atoms with van der Waals surface area (Å²) in [6.45, 7) is 0. The van der Waals surface area contributed by atoms with Gasteiger partial charge < -0.3 is 9.47 Å². The van der Waals surface area contributed by atoms with E-state index in [1.54, 1.807) is 32.5 Å². The molecule has 1 aromatic carbocycles. The number of Topliss-reactive ketones (excluding diaryl/α,β-unsaturated/α-hetero) is 1. The maximum absolute atomic E-state index is 12.0. The first kappa shape index (κ1) is 14.1. The van der Waals surface area contributed by atoms with Gasteiger partial charge in [-0.1, -0.05) is 18.2 Å². The molecule has 0 N–H and O–H groups in total. The molecule has 0 bridgehead atoms. The Labute approximate surface area is 118 Å². The van der Waals surface area contributed by atoms with E-state index in [9.17, 15) is 4.79 Å². The third-order valence-corrected chi connectivity index (χ3v) is 3.06. The minimum Gasteiger partial charge on any atom is -0.493 e. The van der Waals surface area contributed by atoms with Crippen molar-refractivity contribution < 1.29 is 14.3 Å². The second-order valence-corrected chi connectivity index (χ2v) is 4.29. The monoisotopic (exact) mass is 271 g/mol. The van der Waals surface area contributed by atoms with Crippen molar-refractivity contribution in [2.24, 2.45) is 0 Å². The number of carbonyl (C=O) groups is 1. The number of ether oxygens (including phenoxy) is 2. The van der Waals surface area contributed by atoms with Crippen LogP contribution in [0.3, 0.4) is 0 Å². The Bertz CT molecular complexity index is 582. The Balaban J connectivity index is 2.10. The average molecular weight is 271 g/mol. The van der Waals surface area contributed by atoms with Gasteiger partial charge in [-0.2, -0.15) is 0 Å². The van der Waals surface area contributed by atoms with Gasteiger partial charge in [0.15, 0.2) is 17.3 Å². The Kier molecular flexibility index (Phi) is 4.71. The van der Waals surface area contributed by atoms with Gasteiger partial charge in [-0.25, -0.2) is 0 Å². The van der Waals surface area contributed by atoms with E-state index < -0.39 is 0 Å². The number of pyridine rings is 1. The Morgan fingerprint density at radius 1 is 1.10 bits per heavy atom. The van der Waals surface area contributed by atoms with Crippen LogP contribution in [0.15, 0.2) is 42.6 Å². The predicted octanol–water partition coefficient (Wildman–Crippen LogP) is 2.91. The summed E-state index contributed by atoms with van der Waals surface area (Å²) in [5, 5.41) is 0. The molecule has 1 aromatic heterocycles. The summed E-state index contributed by atoms with van der Waals surface area (Å²) < 4.78 is 10.6. The zero-order valence-corrected chi connectivity index (χ0v) is 11.6. The van der Waals surface area contributed by atoms with Crippen molar-refractivity contribution in [3.63, 3.8) is 0 Å². The Hall–Kier alpha value is -2.36. The summed E-state index contributed by atoms with van der Waals surface area (Å²) in [6, 6.07) is 11.0. The number of nitrogens with zero attached hydrogens (tertiary/aromatic N) is 1. The fourth-order valence-electron chi connectivity index (χ4n) is 2.05. The number of aryl methyl sites for hydroxylation is 1. The lowest BCUT2D eigenvalue weighted by molar-refractivity contribution is 0.0978. The lowest BCUT2D eigenvalue weighted by Gasteiger charge is -2.12. The first-order valence-electron chi connectivity index (χ1n) is 6.40. The van der Waals surface area contributed by atoms with Crippen molar-refractivity contribution in [2.45, 2.75) is 12.8 Å². The molecule has 2 aromatic rings. The minimum atomic E-state index is 0.0236. The smallest absolute Gasteiger partial charge is 0.181 e. The molecule has 1 heterocycles. The number of methoxy groups -OCH3 is 2. The molecule has 4 heteroatoms. The molecule has 4 nitrogen and oxygen atoms in total. The largest absolute Gasteiger partial charge is 0.493 e. The molecule has 0 fully saturated rings. The zero-order chi connectivity index (χ0) is 14.4. The topological polar surface area (TPSA) is 48.4 Å². The van der Waals surface area contributed by atoms with Crippen LogP contribution in [0.4, 0.5) is 0 Å². The van der Waals surface area contributed by atoms with E-state index in [1.807, 2.05) is 24.3 Å². The standard InChI is InChI=1S/C16H17NO3/c1-19-15-8-5-6-12(16(15)20-2)9-10-14(18)13-7-3-4-11-17-13/h3-8,11H,9-10H2,1-2H3. The summed E-state index contributed by atoms with van der Waals surface area (Å²) in [4.78, 5) is 16.1. The number of aromatic nitrogens is 1.